The van der Waals surface area contributed by atoms with E-state index in [1.807, 2.05) is 0 Å². The number of carbonyl (C=O) groups is 2. The summed E-state index contributed by atoms with van der Waals surface area (Å²) < 4.78 is 37.7. The zero-order valence-corrected chi connectivity index (χ0v) is 15.4. The smallest absolute Gasteiger partial charge is 0.394 e. The van der Waals surface area contributed by atoms with E-state index < -0.39 is 23.2 Å². The van der Waals surface area contributed by atoms with E-state index in [1.165, 1.54) is 0 Å². The van der Waals surface area contributed by atoms with Crippen molar-refractivity contribution in [1.82, 2.24) is 5.32 Å². The minimum atomic E-state index is -4.45. The number of anilines is 1. The van der Waals surface area contributed by atoms with Crippen LogP contribution in [0.5, 0.6) is 0 Å². The van der Waals surface area contributed by atoms with Gasteiger partial charge in [-0.2, -0.15) is 13.2 Å². The molecule has 0 aliphatic heterocycles. The van der Waals surface area contributed by atoms with Crippen LogP contribution in [0.2, 0.25) is 0 Å². The predicted octanol–water partition coefficient (Wildman–Crippen LogP) is 3.39. The first kappa shape index (κ1) is 21.4. The first-order chi connectivity index (χ1) is 13.0. The fourth-order valence-corrected chi connectivity index (χ4v) is 2.37. The number of nitrogens with one attached hydrogen (secondary N) is 2. The zero-order valence-electron chi connectivity index (χ0n) is 15.4. The van der Waals surface area contributed by atoms with E-state index in [4.69, 9.17) is 5.11 Å². The van der Waals surface area contributed by atoms with Crippen molar-refractivity contribution in [3.63, 3.8) is 0 Å². The maximum absolute atomic E-state index is 12.6. The summed E-state index contributed by atoms with van der Waals surface area (Å²) in [5, 5.41) is 14.5. The van der Waals surface area contributed by atoms with Crippen molar-refractivity contribution in [1.29, 1.82) is 0 Å². The van der Waals surface area contributed by atoms with Gasteiger partial charge in [0.15, 0.2) is 0 Å². The Morgan fingerprint density at radius 3 is 2.04 bits per heavy atom. The molecule has 5 nitrogen and oxygen atoms in total. The summed E-state index contributed by atoms with van der Waals surface area (Å²) in [5.74, 6) is -0.787. The van der Waals surface area contributed by atoms with Gasteiger partial charge in [-0.1, -0.05) is 12.1 Å². The third-order valence-electron chi connectivity index (χ3n) is 3.92. The summed E-state index contributed by atoms with van der Waals surface area (Å²) in [5.41, 5.74) is -0.283. The summed E-state index contributed by atoms with van der Waals surface area (Å²) in [6.07, 6.45) is -4.35. The number of aliphatic hydroxyl groups excluding tert-OH is 1. The minimum Gasteiger partial charge on any atom is -0.394 e. The number of hydrogen-bond acceptors (Lipinski definition) is 3. The van der Waals surface area contributed by atoms with Crippen molar-refractivity contribution in [2.45, 2.75) is 32.0 Å². The second-order valence-electron chi connectivity index (χ2n) is 6.99. The van der Waals surface area contributed by atoms with E-state index in [2.05, 4.69) is 10.6 Å². The number of carbonyl (C=O) groups excluding carboxylic acids is 2. The van der Waals surface area contributed by atoms with Gasteiger partial charge in [0, 0.05) is 11.3 Å². The number of alkyl halides is 3. The van der Waals surface area contributed by atoms with Gasteiger partial charge >= 0.3 is 6.18 Å². The van der Waals surface area contributed by atoms with Gasteiger partial charge < -0.3 is 15.7 Å². The Balaban J connectivity index is 1.96. The Hall–Kier alpha value is -2.87. The normalized spacial score (nSPS) is 11.8. The number of aliphatic hydroxyl groups is 1. The molecule has 0 radical (unpaired) electrons. The Labute approximate surface area is 160 Å². The van der Waals surface area contributed by atoms with Crippen molar-refractivity contribution in [2.24, 2.45) is 0 Å². The molecule has 0 bridgehead atoms. The molecule has 0 spiro atoms. The summed E-state index contributed by atoms with van der Waals surface area (Å²) in [4.78, 5) is 24.1. The van der Waals surface area contributed by atoms with Gasteiger partial charge in [-0.25, -0.2) is 0 Å². The highest BCUT2D eigenvalue weighted by molar-refractivity contribution is 6.04. The monoisotopic (exact) mass is 394 g/mol. The van der Waals surface area contributed by atoms with Crippen molar-refractivity contribution in [3.8, 4) is 0 Å². The molecule has 0 saturated carbocycles. The van der Waals surface area contributed by atoms with Crippen LogP contribution < -0.4 is 10.6 Å². The first-order valence-corrected chi connectivity index (χ1v) is 8.49. The maximum Gasteiger partial charge on any atom is 0.416 e. The highest BCUT2D eigenvalue weighted by Crippen LogP contribution is 2.29. The van der Waals surface area contributed by atoms with Gasteiger partial charge in [0.1, 0.15) is 0 Å². The number of benzene rings is 2. The topological polar surface area (TPSA) is 78.4 Å². The molecule has 0 aliphatic rings. The minimum absolute atomic E-state index is 0.0997. The van der Waals surface area contributed by atoms with Crippen molar-refractivity contribution < 1.29 is 27.9 Å². The average Bonchev–Trinajstić information content (AvgIpc) is 2.62. The highest BCUT2D eigenvalue weighted by Gasteiger charge is 2.30. The molecular formula is C20H21F3N2O3. The van der Waals surface area contributed by atoms with Crippen LogP contribution in [0.15, 0.2) is 48.5 Å². The summed E-state index contributed by atoms with van der Waals surface area (Å²) >= 11 is 0. The number of halogens is 3. The molecule has 150 valence electrons. The van der Waals surface area contributed by atoms with E-state index >= 15 is 0 Å². The third-order valence-corrected chi connectivity index (χ3v) is 3.92. The van der Waals surface area contributed by atoms with Gasteiger partial charge in [0.25, 0.3) is 5.91 Å². The second-order valence-corrected chi connectivity index (χ2v) is 6.99. The molecule has 0 unspecified atom stereocenters. The Morgan fingerprint density at radius 2 is 1.54 bits per heavy atom. The lowest BCUT2D eigenvalue weighted by atomic mass is 10.1. The number of amides is 2. The molecule has 0 aliphatic carbocycles. The van der Waals surface area contributed by atoms with E-state index in [0.717, 1.165) is 24.3 Å². The SMILES string of the molecule is CC(C)(CO)NC(=O)Cc1ccc(NC(=O)c2ccc(C(F)(F)F)cc2)cc1. The first-order valence-electron chi connectivity index (χ1n) is 8.49. The predicted molar refractivity (Wildman–Crippen MR) is 98.9 cm³/mol. The van der Waals surface area contributed by atoms with Gasteiger partial charge in [-0.3, -0.25) is 9.59 Å². The second kappa shape index (κ2) is 8.43. The molecule has 0 saturated heterocycles. The Bertz CT molecular complexity index is 829. The molecule has 2 aromatic carbocycles. The Kier molecular flexibility index (Phi) is 6.45. The maximum atomic E-state index is 12.6. The average molecular weight is 394 g/mol. The molecule has 0 heterocycles. The summed E-state index contributed by atoms with van der Waals surface area (Å²) in [6.45, 7) is 3.21. The molecule has 28 heavy (non-hydrogen) atoms. The van der Waals surface area contributed by atoms with Crippen LogP contribution in [-0.4, -0.2) is 29.1 Å². The van der Waals surface area contributed by atoms with Gasteiger partial charge in [-0.15, -0.1) is 0 Å². The molecule has 0 aromatic heterocycles. The highest BCUT2D eigenvalue weighted by atomic mass is 19.4. The van der Waals surface area contributed by atoms with Crippen LogP contribution in [0.4, 0.5) is 18.9 Å². The largest absolute Gasteiger partial charge is 0.416 e. The molecule has 0 fully saturated rings. The van der Waals surface area contributed by atoms with Gasteiger partial charge in [0.2, 0.25) is 5.91 Å². The quantitative estimate of drug-likeness (QED) is 0.703. The molecule has 2 rings (SSSR count). The van der Waals surface area contributed by atoms with Crippen molar-refractivity contribution >= 4 is 17.5 Å². The summed E-state index contributed by atoms with van der Waals surface area (Å²) in [7, 11) is 0. The molecule has 0 atom stereocenters. The number of hydrogen-bond donors (Lipinski definition) is 3. The van der Waals surface area contributed by atoms with E-state index in [-0.39, 0.29) is 24.5 Å². The molecule has 8 heteroatoms. The van der Waals surface area contributed by atoms with Crippen LogP contribution in [0, 0.1) is 0 Å². The van der Waals surface area contributed by atoms with E-state index in [9.17, 15) is 22.8 Å². The molecule has 2 amide bonds. The summed E-state index contributed by atoms with van der Waals surface area (Å²) in [6, 6.07) is 10.4. The van der Waals surface area contributed by atoms with Gasteiger partial charge in [-0.05, 0) is 55.8 Å². The molecule has 2 aromatic rings. The zero-order chi connectivity index (χ0) is 20.9. The van der Waals surface area contributed by atoms with Gasteiger partial charge in [0.05, 0.1) is 24.1 Å². The van der Waals surface area contributed by atoms with Crippen LogP contribution in [0.1, 0.15) is 35.3 Å². The fourth-order valence-electron chi connectivity index (χ4n) is 2.37. The lowest BCUT2D eigenvalue weighted by molar-refractivity contribution is -0.137. The lowest BCUT2D eigenvalue weighted by Gasteiger charge is -2.23. The lowest BCUT2D eigenvalue weighted by Crippen LogP contribution is -2.46. The van der Waals surface area contributed by atoms with E-state index in [0.29, 0.717) is 11.3 Å². The van der Waals surface area contributed by atoms with Crippen LogP contribution in [-0.2, 0) is 17.4 Å². The van der Waals surface area contributed by atoms with Crippen LogP contribution >= 0.6 is 0 Å². The number of rotatable bonds is 6. The molecular weight excluding hydrogens is 373 g/mol. The van der Waals surface area contributed by atoms with Crippen molar-refractivity contribution in [2.75, 3.05) is 11.9 Å². The van der Waals surface area contributed by atoms with Crippen molar-refractivity contribution in [3.05, 3.63) is 65.2 Å². The Morgan fingerprint density at radius 1 is 0.964 bits per heavy atom. The fraction of sp³-hybridized carbons (Fsp3) is 0.300. The van der Waals surface area contributed by atoms with Crippen LogP contribution in [0.25, 0.3) is 0 Å². The van der Waals surface area contributed by atoms with Crippen LogP contribution in [0.3, 0.4) is 0 Å². The standard InChI is InChI=1S/C20H21F3N2O3/c1-19(2,12-26)25-17(27)11-13-3-9-16(10-4-13)24-18(28)14-5-7-15(8-6-14)20(21,22)23/h3-10,26H,11-12H2,1-2H3,(H,24,28)(H,25,27). The molecule has 3 N–H and O–H groups in total. The third kappa shape index (κ3) is 6.09. The van der Waals surface area contributed by atoms with E-state index in [1.54, 1.807) is 38.1 Å².